The summed E-state index contributed by atoms with van der Waals surface area (Å²) in [4.78, 5) is 46.9. The monoisotopic (exact) mass is 672 g/mol. The van der Waals surface area contributed by atoms with E-state index in [0.29, 0.717) is 58.5 Å². The molecule has 0 spiro atoms. The van der Waals surface area contributed by atoms with E-state index in [1.807, 2.05) is 41.7 Å². The van der Waals surface area contributed by atoms with Gasteiger partial charge in [-0.2, -0.15) is 0 Å². The molecule has 0 fully saturated rings. The van der Waals surface area contributed by atoms with E-state index < -0.39 is 23.9 Å². The lowest BCUT2D eigenvalue weighted by Crippen LogP contribution is -2.51. The second-order valence-electron chi connectivity index (χ2n) is 10.0. The summed E-state index contributed by atoms with van der Waals surface area (Å²) in [5.41, 5.74) is 6.01. The van der Waals surface area contributed by atoms with E-state index in [1.165, 1.54) is 0 Å². The number of carbonyl (C=O) groups excluding carboxylic acids is 4. The van der Waals surface area contributed by atoms with Crippen LogP contribution in [-0.4, -0.2) is 114 Å². The predicted octanol–water partition coefficient (Wildman–Crippen LogP) is 1.14. The number of rotatable bonds is 24. The highest BCUT2D eigenvalue weighted by Crippen LogP contribution is 2.09. The summed E-state index contributed by atoms with van der Waals surface area (Å²) in [7, 11) is 1.87. The largest absolute Gasteiger partial charge is 0.392 e. The zero-order valence-electron chi connectivity index (χ0n) is 29.2. The number of nitrogens with two attached hydrogens (primary N) is 1. The number of aliphatic hydroxyl groups excluding tert-OH is 1. The first-order valence-electron chi connectivity index (χ1n) is 16.2. The van der Waals surface area contributed by atoms with Crippen molar-refractivity contribution in [1.29, 1.82) is 0 Å². The number of aliphatic hydroxyl groups is 1. The molecule has 8 N–H and O–H groups in total. The summed E-state index contributed by atoms with van der Waals surface area (Å²) in [6, 6.07) is 5.49. The molecule has 0 aromatic heterocycles. The number of ether oxygens (including phenoxy) is 4. The minimum atomic E-state index is -0.781. The van der Waals surface area contributed by atoms with Gasteiger partial charge in [-0.05, 0) is 37.1 Å². The number of amides is 5. The van der Waals surface area contributed by atoms with Crippen molar-refractivity contribution < 1.29 is 43.2 Å². The second-order valence-corrected chi connectivity index (χ2v) is 10.0. The third-order valence-electron chi connectivity index (χ3n) is 5.74. The second kappa shape index (κ2) is 32.6. The third-order valence-corrected chi connectivity index (χ3v) is 5.74. The predicted molar refractivity (Wildman–Crippen MR) is 182 cm³/mol. The molecule has 5 amide bonds. The van der Waals surface area contributed by atoms with Crippen molar-refractivity contribution >= 4 is 29.4 Å². The van der Waals surface area contributed by atoms with Crippen LogP contribution in [0.15, 0.2) is 24.3 Å². The number of nitrogens with one attached hydrogen (secondary N) is 5. The fourth-order valence-electron chi connectivity index (χ4n) is 3.31. The first kappa shape index (κ1) is 45.8. The Kier molecular flexibility index (Phi) is 31.7. The van der Waals surface area contributed by atoms with Crippen molar-refractivity contribution in [1.82, 2.24) is 21.3 Å². The summed E-state index contributed by atoms with van der Waals surface area (Å²) in [6.07, 6.45) is 1.03. The van der Waals surface area contributed by atoms with Crippen LogP contribution in [0.25, 0.3) is 0 Å². The Morgan fingerprint density at radius 1 is 0.787 bits per heavy atom. The minimum absolute atomic E-state index is 0.0855. The van der Waals surface area contributed by atoms with E-state index in [9.17, 15) is 19.2 Å². The number of benzene rings is 1. The van der Waals surface area contributed by atoms with E-state index in [2.05, 4.69) is 26.6 Å². The molecule has 0 bridgehead atoms. The summed E-state index contributed by atoms with van der Waals surface area (Å²) >= 11 is 0. The molecule has 272 valence electrons. The fourth-order valence-corrected chi connectivity index (χ4v) is 3.31. The Bertz CT molecular complexity index is 936. The van der Waals surface area contributed by atoms with Crippen LogP contribution in [-0.2, 0) is 39.9 Å². The molecule has 0 aliphatic heterocycles. The molecule has 0 saturated heterocycles. The lowest BCUT2D eigenvalue weighted by atomic mass is 10.0. The van der Waals surface area contributed by atoms with E-state index in [-0.39, 0.29) is 38.0 Å². The molecule has 0 radical (unpaired) electrons. The molecular weight excluding hydrogens is 612 g/mol. The maximum absolute atomic E-state index is 12.6. The van der Waals surface area contributed by atoms with Gasteiger partial charge in [0.15, 0.2) is 0 Å². The van der Waals surface area contributed by atoms with Crippen molar-refractivity contribution in [3.63, 3.8) is 0 Å². The average Bonchev–Trinajstić information content (AvgIpc) is 3.06. The van der Waals surface area contributed by atoms with Crippen molar-refractivity contribution in [2.24, 2.45) is 11.7 Å². The van der Waals surface area contributed by atoms with Crippen LogP contribution in [0.4, 0.5) is 10.5 Å². The zero-order valence-corrected chi connectivity index (χ0v) is 29.2. The molecule has 1 atom stereocenters. The van der Waals surface area contributed by atoms with Gasteiger partial charge >= 0.3 is 6.03 Å². The summed E-state index contributed by atoms with van der Waals surface area (Å²) in [5, 5.41) is 22.4. The van der Waals surface area contributed by atoms with Crippen molar-refractivity contribution in [3.05, 3.63) is 29.8 Å². The number of hydrogen-bond donors (Lipinski definition) is 7. The van der Waals surface area contributed by atoms with Gasteiger partial charge in [0.25, 0.3) is 0 Å². The smallest absolute Gasteiger partial charge is 0.312 e. The molecule has 0 aliphatic carbocycles. The molecule has 47 heavy (non-hydrogen) atoms. The lowest BCUT2D eigenvalue weighted by Gasteiger charge is -2.21. The molecule has 1 aromatic rings. The van der Waals surface area contributed by atoms with E-state index in [4.69, 9.17) is 29.8 Å². The Hall–Kier alpha value is -3.34. The molecule has 0 heterocycles. The van der Waals surface area contributed by atoms with E-state index in [0.717, 1.165) is 18.5 Å². The van der Waals surface area contributed by atoms with Gasteiger partial charge in [0.05, 0.1) is 66.0 Å². The molecule has 1 aromatic carbocycles. The Morgan fingerprint density at radius 3 is 1.77 bits per heavy atom. The van der Waals surface area contributed by atoms with Crippen molar-refractivity contribution in [2.45, 2.75) is 60.1 Å². The van der Waals surface area contributed by atoms with Crippen LogP contribution in [0.5, 0.6) is 0 Å². The van der Waals surface area contributed by atoms with Crippen LogP contribution in [0.1, 0.15) is 53.0 Å². The maximum atomic E-state index is 12.6. The number of urea groups is 1. The standard InChI is InChI=1S/C26H44N4O8.C4H10N2O.C2H6/c1-20(2)25(26(34)28-18-24(33)29-22-6-4-21(19-31)5-7-22)30-23(32)8-10-35-12-14-37-16-17-38-15-13-36-11-9-27-3;1-2-3-6-4(5)7;1-2/h4-7,20,25,27,31H,8-19H2,1-3H3,(H,28,34)(H,29,33)(H,30,32);2-3H2,1H3,(H3,5,6,7);1-2H3. The lowest BCUT2D eigenvalue weighted by molar-refractivity contribution is -0.131. The maximum Gasteiger partial charge on any atom is 0.312 e. The number of hydrogen-bond acceptors (Lipinski definition) is 10. The summed E-state index contributed by atoms with van der Waals surface area (Å²) in [5.74, 6) is -1.34. The molecule has 0 aliphatic rings. The Morgan fingerprint density at radius 2 is 1.32 bits per heavy atom. The van der Waals surface area contributed by atoms with Crippen LogP contribution in [0, 0.1) is 5.92 Å². The third kappa shape index (κ3) is 28.6. The molecule has 15 heteroatoms. The normalized spacial score (nSPS) is 10.9. The fraction of sp³-hybridized carbons (Fsp3) is 0.688. The van der Waals surface area contributed by atoms with E-state index >= 15 is 0 Å². The van der Waals surface area contributed by atoms with Gasteiger partial charge in [-0.1, -0.05) is 46.8 Å². The molecule has 15 nitrogen and oxygen atoms in total. The molecule has 0 saturated carbocycles. The Balaban J connectivity index is 0. The van der Waals surface area contributed by atoms with Crippen LogP contribution in [0.2, 0.25) is 0 Å². The van der Waals surface area contributed by atoms with Crippen molar-refractivity contribution in [2.75, 3.05) is 84.9 Å². The first-order valence-corrected chi connectivity index (χ1v) is 16.2. The van der Waals surface area contributed by atoms with Crippen LogP contribution in [0.3, 0.4) is 0 Å². The van der Waals surface area contributed by atoms with Crippen molar-refractivity contribution in [3.8, 4) is 0 Å². The molecule has 1 unspecified atom stereocenters. The van der Waals surface area contributed by atoms with Gasteiger partial charge in [-0.3, -0.25) is 14.4 Å². The number of likely N-dealkylation sites (N-methyl/N-ethyl adjacent to an activating group) is 1. The topological polar surface area (TPSA) is 212 Å². The quantitative estimate of drug-likeness (QED) is 0.0779. The highest BCUT2D eigenvalue weighted by Gasteiger charge is 2.24. The van der Waals surface area contributed by atoms with Gasteiger partial charge < -0.3 is 56.4 Å². The summed E-state index contributed by atoms with van der Waals surface area (Å²) < 4.78 is 21.6. The van der Waals surface area contributed by atoms with Crippen LogP contribution < -0.4 is 32.3 Å². The van der Waals surface area contributed by atoms with Gasteiger partial charge in [0.2, 0.25) is 17.7 Å². The minimum Gasteiger partial charge on any atom is -0.392 e. The number of carbonyl (C=O) groups is 4. The average molecular weight is 673 g/mol. The van der Waals surface area contributed by atoms with Gasteiger partial charge in [-0.15, -0.1) is 0 Å². The SMILES string of the molecule is CC.CCCNC(N)=O.CNCCOCCOCCOCCOCCC(=O)NC(C(=O)NCC(=O)Nc1ccc(CO)cc1)C(C)C. The van der Waals surface area contributed by atoms with Gasteiger partial charge in [0, 0.05) is 25.2 Å². The van der Waals surface area contributed by atoms with Crippen LogP contribution >= 0.6 is 0 Å². The Labute approximate surface area is 280 Å². The van der Waals surface area contributed by atoms with Gasteiger partial charge in [-0.25, -0.2) is 4.79 Å². The van der Waals surface area contributed by atoms with E-state index in [1.54, 1.807) is 24.3 Å². The highest BCUT2D eigenvalue weighted by molar-refractivity contribution is 5.96. The van der Waals surface area contributed by atoms with Gasteiger partial charge in [0.1, 0.15) is 6.04 Å². The summed E-state index contributed by atoms with van der Waals surface area (Å²) in [6.45, 7) is 14.3. The molecule has 1 rings (SSSR count). The number of anilines is 1. The number of primary amides is 1. The zero-order chi connectivity index (χ0) is 35.7. The highest BCUT2D eigenvalue weighted by atomic mass is 16.6. The first-order chi connectivity index (χ1) is 22.6. The molecular formula is C32H60N6O9.